The quantitative estimate of drug-likeness (QED) is 0.868. The van der Waals surface area contributed by atoms with E-state index in [0.29, 0.717) is 0 Å². The Morgan fingerprint density at radius 1 is 1.24 bits per heavy atom. The molecule has 0 spiro atoms. The molecule has 0 amide bonds. The number of benzene rings is 1. The van der Waals surface area contributed by atoms with Gasteiger partial charge >= 0.3 is 5.97 Å². The number of ketones is 2. The third-order valence-corrected chi connectivity index (χ3v) is 3.71. The minimum absolute atomic E-state index is 0.193. The lowest BCUT2D eigenvalue weighted by atomic mass is 9.87. The molecule has 0 heterocycles. The molecule has 0 saturated carbocycles. The number of alkyl halides is 1. The highest BCUT2D eigenvalue weighted by Gasteiger charge is 2.38. The molecule has 5 nitrogen and oxygen atoms in total. The number of halogens is 1. The van der Waals surface area contributed by atoms with Crippen molar-refractivity contribution >= 4 is 34.8 Å². The molecule has 21 heavy (non-hydrogen) atoms. The summed E-state index contributed by atoms with van der Waals surface area (Å²) in [6, 6.07) is 5.21. The second-order valence-corrected chi connectivity index (χ2v) is 5.58. The summed E-state index contributed by atoms with van der Waals surface area (Å²) in [5.74, 6) is -2.39. The van der Waals surface area contributed by atoms with Crippen LogP contribution < -0.4 is 0 Å². The molecule has 0 bridgehead atoms. The molecule has 1 aromatic rings. The lowest BCUT2D eigenvalue weighted by Gasteiger charge is -2.22. The van der Waals surface area contributed by atoms with Gasteiger partial charge in [0.15, 0.2) is 5.78 Å². The number of hydrogen-bond donors (Lipinski definition) is 1. The van der Waals surface area contributed by atoms with Gasteiger partial charge in [-0.25, -0.2) is 4.79 Å². The fraction of sp³-hybridized carbons (Fsp3) is 0.333. The van der Waals surface area contributed by atoms with Crippen LogP contribution in [0.4, 0.5) is 0 Å². The summed E-state index contributed by atoms with van der Waals surface area (Å²) in [5.41, 5.74) is 0.269. The number of rotatable bonds is 3. The van der Waals surface area contributed by atoms with Gasteiger partial charge in [-0.2, -0.15) is 0 Å². The van der Waals surface area contributed by atoms with Crippen molar-refractivity contribution in [1.29, 1.82) is 0 Å². The van der Waals surface area contributed by atoms with Crippen LogP contribution in [-0.2, 0) is 4.79 Å². The van der Waals surface area contributed by atoms with E-state index in [9.17, 15) is 14.4 Å². The molecule has 0 radical (unpaired) electrons. The highest BCUT2D eigenvalue weighted by molar-refractivity contribution is 6.64. The number of Topliss-reactive ketones (excluding diaryl/α,β-unsaturated/α-hetero) is 2. The molecule has 2 atom stereocenters. The van der Waals surface area contributed by atoms with E-state index in [-0.39, 0.29) is 22.8 Å². The van der Waals surface area contributed by atoms with Crippen LogP contribution in [0.3, 0.4) is 0 Å². The number of aliphatic carboxylic acids is 1. The Labute approximate surface area is 126 Å². The topological polar surface area (TPSA) is 83.8 Å². The molecule has 0 fully saturated rings. The number of fused-ring (bicyclic) bond motifs is 1. The molecule has 110 valence electrons. The third-order valence-electron chi connectivity index (χ3n) is 3.30. The standard InChI is InChI=1S/C15H14ClNO4/c1-7(2)11(15(20)21)17-12-10(16)13(18)8-5-3-4-6-9(8)14(12)19/h3-7,10-11H,1-2H3,(H,20,21)/t10?,11-/m0/s1. The molecule has 0 saturated heterocycles. The summed E-state index contributed by atoms with van der Waals surface area (Å²) in [5, 5.41) is 7.92. The highest BCUT2D eigenvalue weighted by atomic mass is 35.5. The van der Waals surface area contributed by atoms with Crippen LogP contribution in [0.5, 0.6) is 0 Å². The van der Waals surface area contributed by atoms with E-state index in [1.807, 2.05) is 0 Å². The Kier molecular flexibility index (Phi) is 4.23. The van der Waals surface area contributed by atoms with E-state index in [1.54, 1.807) is 26.0 Å². The first-order valence-electron chi connectivity index (χ1n) is 6.47. The molecule has 1 unspecified atom stereocenters. The van der Waals surface area contributed by atoms with Crippen molar-refractivity contribution in [2.45, 2.75) is 25.3 Å². The molecule has 1 N–H and O–H groups in total. The van der Waals surface area contributed by atoms with Gasteiger partial charge in [0.25, 0.3) is 0 Å². The molecule has 6 heteroatoms. The van der Waals surface area contributed by atoms with Gasteiger partial charge in [-0.1, -0.05) is 38.1 Å². The Balaban J connectivity index is 2.54. The Morgan fingerprint density at radius 2 is 1.81 bits per heavy atom. The molecule has 0 aliphatic heterocycles. The third kappa shape index (κ3) is 2.74. The molecule has 1 aliphatic rings. The zero-order valence-corrected chi connectivity index (χ0v) is 12.3. The average Bonchev–Trinajstić information content (AvgIpc) is 2.44. The fourth-order valence-electron chi connectivity index (χ4n) is 2.17. The molecule has 2 rings (SSSR count). The van der Waals surface area contributed by atoms with Crippen molar-refractivity contribution in [2.24, 2.45) is 10.9 Å². The first-order valence-corrected chi connectivity index (χ1v) is 6.90. The van der Waals surface area contributed by atoms with Crippen molar-refractivity contribution in [3.8, 4) is 0 Å². The van der Waals surface area contributed by atoms with Gasteiger partial charge < -0.3 is 5.11 Å². The summed E-state index contributed by atoms with van der Waals surface area (Å²) >= 11 is 6.02. The molecular weight excluding hydrogens is 294 g/mol. The van der Waals surface area contributed by atoms with Crippen LogP contribution in [-0.4, -0.2) is 39.8 Å². The van der Waals surface area contributed by atoms with Crippen molar-refractivity contribution < 1.29 is 19.5 Å². The highest BCUT2D eigenvalue weighted by Crippen LogP contribution is 2.24. The monoisotopic (exact) mass is 307 g/mol. The van der Waals surface area contributed by atoms with E-state index >= 15 is 0 Å². The van der Waals surface area contributed by atoms with E-state index in [1.165, 1.54) is 12.1 Å². The van der Waals surface area contributed by atoms with Gasteiger partial charge in [-0.15, -0.1) is 11.6 Å². The number of carboxylic acids is 1. The van der Waals surface area contributed by atoms with Gasteiger partial charge in [0.2, 0.25) is 5.78 Å². The minimum Gasteiger partial charge on any atom is -0.480 e. The molecule has 1 aromatic carbocycles. The normalized spacial score (nSPS) is 21.5. The smallest absolute Gasteiger partial charge is 0.328 e. The Hall–Kier alpha value is -2.01. The van der Waals surface area contributed by atoms with Gasteiger partial charge in [-0.3, -0.25) is 14.6 Å². The summed E-state index contributed by atoms with van der Waals surface area (Å²) in [7, 11) is 0. The van der Waals surface area contributed by atoms with Crippen molar-refractivity contribution in [3.63, 3.8) is 0 Å². The summed E-state index contributed by atoms with van der Waals surface area (Å²) in [6.07, 6.45) is 0. The lowest BCUT2D eigenvalue weighted by molar-refractivity contribution is -0.139. The lowest BCUT2D eigenvalue weighted by Crippen LogP contribution is -2.40. The summed E-state index contributed by atoms with van der Waals surface area (Å²) < 4.78 is 0. The van der Waals surface area contributed by atoms with Gasteiger partial charge in [-0.05, 0) is 5.92 Å². The predicted octanol–water partition coefficient (Wildman–Crippen LogP) is 2.22. The number of carbonyl (C=O) groups is 3. The number of carboxylic acid groups (broad SMARTS) is 1. The van der Waals surface area contributed by atoms with Gasteiger partial charge in [0.05, 0.1) is 0 Å². The number of carbonyl (C=O) groups excluding carboxylic acids is 2. The second kappa shape index (κ2) is 5.77. The zero-order valence-electron chi connectivity index (χ0n) is 11.5. The Bertz CT molecular complexity index is 651. The maximum Gasteiger partial charge on any atom is 0.328 e. The number of nitrogens with zero attached hydrogens (tertiary/aromatic N) is 1. The van der Waals surface area contributed by atoms with E-state index < -0.39 is 29.0 Å². The van der Waals surface area contributed by atoms with E-state index in [2.05, 4.69) is 4.99 Å². The first kappa shape index (κ1) is 15.4. The number of hydrogen-bond acceptors (Lipinski definition) is 4. The van der Waals surface area contributed by atoms with Crippen molar-refractivity contribution in [2.75, 3.05) is 0 Å². The summed E-state index contributed by atoms with van der Waals surface area (Å²) in [4.78, 5) is 39.7. The van der Waals surface area contributed by atoms with Gasteiger partial charge in [0, 0.05) is 11.1 Å². The predicted molar refractivity (Wildman–Crippen MR) is 78.4 cm³/mol. The SMILES string of the molecule is CC(C)[C@H](N=C1C(=O)c2ccccc2C(=O)C1Cl)C(=O)O. The van der Waals surface area contributed by atoms with E-state index in [4.69, 9.17) is 16.7 Å². The van der Waals surface area contributed by atoms with Crippen LogP contribution in [0, 0.1) is 5.92 Å². The molecule has 1 aliphatic carbocycles. The maximum atomic E-state index is 12.4. The summed E-state index contributed by atoms with van der Waals surface area (Å²) in [6.45, 7) is 3.35. The average molecular weight is 308 g/mol. The number of aliphatic imine (C=N–C) groups is 1. The first-order chi connectivity index (χ1) is 9.84. The fourth-order valence-corrected chi connectivity index (χ4v) is 2.45. The van der Waals surface area contributed by atoms with Crippen LogP contribution >= 0.6 is 11.6 Å². The van der Waals surface area contributed by atoms with Crippen LogP contribution in [0.15, 0.2) is 29.3 Å². The van der Waals surface area contributed by atoms with Crippen molar-refractivity contribution in [1.82, 2.24) is 0 Å². The minimum atomic E-state index is -1.24. The largest absolute Gasteiger partial charge is 0.480 e. The van der Waals surface area contributed by atoms with Crippen LogP contribution in [0.25, 0.3) is 0 Å². The van der Waals surface area contributed by atoms with E-state index in [0.717, 1.165) is 0 Å². The maximum absolute atomic E-state index is 12.4. The molecular formula is C15H14ClNO4. The Morgan fingerprint density at radius 3 is 2.33 bits per heavy atom. The zero-order chi connectivity index (χ0) is 15.7. The molecule has 0 aromatic heterocycles. The van der Waals surface area contributed by atoms with Crippen molar-refractivity contribution in [3.05, 3.63) is 35.4 Å². The second-order valence-electron chi connectivity index (χ2n) is 5.14. The van der Waals surface area contributed by atoms with Crippen LogP contribution in [0.1, 0.15) is 34.6 Å². The van der Waals surface area contributed by atoms with Crippen LogP contribution in [0.2, 0.25) is 0 Å². The van der Waals surface area contributed by atoms with Gasteiger partial charge in [0.1, 0.15) is 17.1 Å².